The first-order chi connectivity index (χ1) is 13.8. The minimum absolute atomic E-state index is 0.714. The monoisotopic (exact) mass is 372 g/mol. The molecule has 0 radical (unpaired) electrons. The normalized spacial score (nSPS) is 22.6. The SMILES string of the molecule is c1ccc2c(c1)CCN(Cc1ccc3c(c1)nc1n3CCN3CCCC3C1)C2. The van der Waals surface area contributed by atoms with E-state index < -0.39 is 0 Å². The third-order valence-corrected chi connectivity index (χ3v) is 7.04. The Hall–Kier alpha value is -2.17. The lowest BCUT2D eigenvalue weighted by molar-refractivity contribution is 0.245. The molecule has 0 bridgehead atoms. The first-order valence-corrected chi connectivity index (χ1v) is 10.8. The van der Waals surface area contributed by atoms with Crippen LogP contribution in [0.1, 0.15) is 35.4 Å². The highest BCUT2D eigenvalue weighted by atomic mass is 15.2. The summed E-state index contributed by atoms with van der Waals surface area (Å²) >= 11 is 0. The molecule has 4 nitrogen and oxygen atoms in total. The van der Waals surface area contributed by atoms with Crippen molar-refractivity contribution in [3.05, 3.63) is 65.0 Å². The summed E-state index contributed by atoms with van der Waals surface area (Å²) in [5.41, 5.74) is 6.92. The van der Waals surface area contributed by atoms with Crippen molar-refractivity contribution in [1.29, 1.82) is 0 Å². The van der Waals surface area contributed by atoms with E-state index in [0.717, 1.165) is 39.0 Å². The lowest BCUT2D eigenvalue weighted by Gasteiger charge is -2.28. The van der Waals surface area contributed by atoms with Crippen LogP contribution < -0.4 is 0 Å². The summed E-state index contributed by atoms with van der Waals surface area (Å²) in [4.78, 5) is 10.3. The highest BCUT2D eigenvalue weighted by molar-refractivity contribution is 5.77. The molecule has 0 amide bonds. The number of hydrogen-bond donors (Lipinski definition) is 0. The number of aromatic nitrogens is 2. The van der Waals surface area contributed by atoms with E-state index in [2.05, 4.69) is 56.8 Å². The molecule has 1 saturated heterocycles. The second-order valence-corrected chi connectivity index (χ2v) is 8.77. The Kier molecular flexibility index (Phi) is 4.02. The lowest BCUT2D eigenvalue weighted by atomic mass is 9.99. The maximum atomic E-state index is 5.08. The van der Waals surface area contributed by atoms with Gasteiger partial charge in [0.2, 0.25) is 0 Å². The fourth-order valence-electron chi connectivity index (χ4n) is 5.54. The summed E-state index contributed by atoms with van der Waals surface area (Å²) in [7, 11) is 0. The van der Waals surface area contributed by atoms with E-state index in [1.54, 1.807) is 0 Å². The Bertz CT molecular complexity index is 1020. The van der Waals surface area contributed by atoms with E-state index in [1.165, 1.54) is 59.5 Å². The zero-order valence-electron chi connectivity index (χ0n) is 16.5. The quantitative estimate of drug-likeness (QED) is 0.687. The molecule has 3 aliphatic rings. The maximum Gasteiger partial charge on any atom is 0.111 e. The number of rotatable bonds is 2. The number of imidazole rings is 1. The van der Waals surface area contributed by atoms with Gasteiger partial charge in [0.05, 0.1) is 11.0 Å². The molecule has 6 rings (SSSR count). The molecule has 0 saturated carbocycles. The average molecular weight is 373 g/mol. The minimum atomic E-state index is 0.714. The largest absolute Gasteiger partial charge is 0.327 e. The van der Waals surface area contributed by atoms with Crippen LogP contribution in [0.25, 0.3) is 11.0 Å². The summed E-state index contributed by atoms with van der Waals surface area (Å²) in [5, 5.41) is 0. The van der Waals surface area contributed by atoms with Crippen molar-refractivity contribution >= 4 is 11.0 Å². The van der Waals surface area contributed by atoms with Gasteiger partial charge in [0, 0.05) is 45.2 Å². The Morgan fingerprint density at radius 1 is 0.964 bits per heavy atom. The predicted octanol–water partition coefficient (Wildman–Crippen LogP) is 3.62. The van der Waals surface area contributed by atoms with Gasteiger partial charge < -0.3 is 4.57 Å². The Balaban J connectivity index is 1.25. The molecule has 0 aliphatic carbocycles. The van der Waals surface area contributed by atoms with Crippen LogP contribution in [0.2, 0.25) is 0 Å². The standard InChI is InChI=1S/C24H28N4/c1-2-5-20-17-26(11-9-19(20)4-1)16-18-7-8-23-22(14-18)25-24-15-21-6-3-10-27(21)12-13-28(23)24/h1-2,4-5,7-8,14,21H,3,6,9-13,15-17H2. The van der Waals surface area contributed by atoms with Gasteiger partial charge in [-0.05, 0) is 54.6 Å². The van der Waals surface area contributed by atoms with E-state index >= 15 is 0 Å². The fourth-order valence-corrected chi connectivity index (χ4v) is 5.54. The Labute approximate surface area is 166 Å². The van der Waals surface area contributed by atoms with Gasteiger partial charge in [0.15, 0.2) is 0 Å². The van der Waals surface area contributed by atoms with Crippen LogP contribution in [0, 0.1) is 0 Å². The smallest absolute Gasteiger partial charge is 0.111 e. The molecule has 3 aliphatic heterocycles. The van der Waals surface area contributed by atoms with E-state index in [9.17, 15) is 0 Å². The number of nitrogens with zero attached hydrogens (tertiary/aromatic N) is 4. The van der Waals surface area contributed by atoms with Gasteiger partial charge in [-0.3, -0.25) is 9.80 Å². The molecule has 1 fully saturated rings. The van der Waals surface area contributed by atoms with Crippen molar-refractivity contribution in [3.8, 4) is 0 Å². The predicted molar refractivity (Wildman–Crippen MR) is 112 cm³/mol. The molecule has 0 N–H and O–H groups in total. The summed E-state index contributed by atoms with van der Waals surface area (Å²) in [5.74, 6) is 1.30. The van der Waals surface area contributed by atoms with Gasteiger partial charge in [-0.25, -0.2) is 4.98 Å². The minimum Gasteiger partial charge on any atom is -0.327 e. The van der Waals surface area contributed by atoms with Crippen molar-refractivity contribution in [3.63, 3.8) is 0 Å². The lowest BCUT2D eigenvalue weighted by Crippen LogP contribution is -2.31. The zero-order chi connectivity index (χ0) is 18.5. The van der Waals surface area contributed by atoms with Crippen LogP contribution in [-0.2, 0) is 32.5 Å². The van der Waals surface area contributed by atoms with Crippen LogP contribution in [0.5, 0.6) is 0 Å². The Morgan fingerprint density at radius 2 is 1.89 bits per heavy atom. The van der Waals surface area contributed by atoms with Crippen LogP contribution in [0.15, 0.2) is 42.5 Å². The molecular formula is C24H28N4. The van der Waals surface area contributed by atoms with Crippen LogP contribution >= 0.6 is 0 Å². The summed E-state index contributed by atoms with van der Waals surface area (Å²) in [6.45, 7) is 6.76. The molecule has 1 atom stereocenters. The summed E-state index contributed by atoms with van der Waals surface area (Å²) in [6.07, 6.45) is 4.97. The van der Waals surface area contributed by atoms with Crippen molar-refractivity contribution in [2.75, 3.05) is 19.6 Å². The molecule has 2 aromatic carbocycles. The molecule has 1 unspecified atom stereocenters. The third-order valence-electron chi connectivity index (χ3n) is 7.04. The molecule has 1 aromatic heterocycles. The van der Waals surface area contributed by atoms with Gasteiger partial charge in [-0.1, -0.05) is 30.3 Å². The first kappa shape index (κ1) is 16.8. The molecule has 3 aromatic rings. The third kappa shape index (κ3) is 2.87. The average Bonchev–Trinajstić information content (AvgIpc) is 3.26. The van der Waals surface area contributed by atoms with Gasteiger partial charge in [0.1, 0.15) is 5.82 Å². The van der Waals surface area contributed by atoms with Gasteiger partial charge in [-0.2, -0.15) is 0 Å². The molecule has 0 spiro atoms. The van der Waals surface area contributed by atoms with Crippen molar-refractivity contribution in [2.45, 2.75) is 51.4 Å². The number of hydrogen-bond acceptors (Lipinski definition) is 3. The van der Waals surface area contributed by atoms with Crippen molar-refractivity contribution < 1.29 is 0 Å². The highest BCUT2D eigenvalue weighted by Crippen LogP contribution is 2.28. The van der Waals surface area contributed by atoms with Crippen molar-refractivity contribution in [2.24, 2.45) is 0 Å². The second-order valence-electron chi connectivity index (χ2n) is 8.77. The highest BCUT2D eigenvalue weighted by Gasteiger charge is 2.29. The molecule has 28 heavy (non-hydrogen) atoms. The van der Waals surface area contributed by atoms with Gasteiger partial charge in [-0.15, -0.1) is 0 Å². The summed E-state index contributed by atoms with van der Waals surface area (Å²) in [6, 6.07) is 16.6. The first-order valence-electron chi connectivity index (χ1n) is 10.8. The second kappa shape index (κ2) is 6.71. The van der Waals surface area contributed by atoms with Crippen LogP contribution in [0.4, 0.5) is 0 Å². The number of fused-ring (bicyclic) bond motifs is 5. The maximum absolute atomic E-state index is 5.08. The Morgan fingerprint density at radius 3 is 2.86 bits per heavy atom. The fraction of sp³-hybridized carbons (Fsp3) is 0.458. The zero-order valence-corrected chi connectivity index (χ0v) is 16.5. The van der Waals surface area contributed by atoms with E-state index in [0.29, 0.717) is 6.04 Å². The van der Waals surface area contributed by atoms with Gasteiger partial charge in [0.25, 0.3) is 0 Å². The van der Waals surface area contributed by atoms with Crippen molar-refractivity contribution in [1.82, 2.24) is 19.4 Å². The molecule has 4 heterocycles. The van der Waals surface area contributed by atoms with E-state index in [1.807, 2.05) is 0 Å². The van der Waals surface area contributed by atoms with E-state index in [-0.39, 0.29) is 0 Å². The molecule has 144 valence electrons. The van der Waals surface area contributed by atoms with Crippen LogP contribution in [-0.4, -0.2) is 45.0 Å². The molecule has 4 heteroatoms. The topological polar surface area (TPSA) is 24.3 Å². The van der Waals surface area contributed by atoms with E-state index in [4.69, 9.17) is 4.98 Å². The number of benzene rings is 2. The van der Waals surface area contributed by atoms with Gasteiger partial charge >= 0.3 is 0 Å². The molecular weight excluding hydrogens is 344 g/mol. The van der Waals surface area contributed by atoms with Crippen LogP contribution in [0.3, 0.4) is 0 Å². The summed E-state index contributed by atoms with van der Waals surface area (Å²) < 4.78 is 2.48.